The molecule has 4 aliphatic rings. The second-order valence-corrected chi connectivity index (χ2v) is 9.83. The first-order chi connectivity index (χ1) is 17.9. The normalized spacial score (nSPS) is 28.8. The fourth-order valence-electron chi connectivity index (χ4n) is 6.37. The monoisotopic (exact) mass is 504 g/mol. The van der Waals surface area contributed by atoms with Crippen molar-refractivity contribution in [1.29, 1.82) is 0 Å². The van der Waals surface area contributed by atoms with E-state index in [-0.39, 0.29) is 18.4 Å². The van der Waals surface area contributed by atoms with Crippen molar-refractivity contribution >= 4 is 35.0 Å². The van der Waals surface area contributed by atoms with Crippen molar-refractivity contribution in [1.82, 2.24) is 10.2 Å². The van der Waals surface area contributed by atoms with Crippen LogP contribution in [0.2, 0.25) is 0 Å². The predicted octanol–water partition coefficient (Wildman–Crippen LogP) is 0.893. The topological polar surface area (TPSA) is 108 Å². The number of nitrogens with one attached hydrogen (secondary N) is 1. The van der Waals surface area contributed by atoms with E-state index in [0.717, 1.165) is 4.90 Å². The number of nitrogens with zero attached hydrogens (tertiary/aromatic N) is 3. The van der Waals surface area contributed by atoms with E-state index in [4.69, 9.17) is 9.47 Å². The van der Waals surface area contributed by atoms with Gasteiger partial charge in [0.1, 0.15) is 17.8 Å². The lowest BCUT2D eigenvalue weighted by Gasteiger charge is -2.31. The van der Waals surface area contributed by atoms with Gasteiger partial charge >= 0.3 is 0 Å². The molecule has 0 aromatic heterocycles. The van der Waals surface area contributed by atoms with E-state index < -0.39 is 35.2 Å². The average molecular weight is 505 g/mol. The molecule has 2 aromatic carbocycles. The third-order valence-corrected chi connectivity index (χ3v) is 8.00. The Balaban J connectivity index is 1.41. The van der Waals surface area contributed by atoms with Crippen LogP contribution in [0.25, 0.3) is 0 Å². The molecule has 1 N–H and O–H groups in total. The molecule has 3 saturated heterocycles. The van der Waals surface area contributed by atoms with Crippen molar-refractivity contribution < 1.29 is 28.7 Å². The number of rotatable bonds is 4. The standard InChI is InChI=1S/C27H28N4O6/c1-16-22-23(25(34)31(24(22)33)19-9-5-6-10-20(19)36-2)27(28-16)17-7-3-4-8-18(17)30(26(27)35)15-21(32)29-11-13-37-14-12-29/h3-10,16,22-23,28H,11-15H2,1-2H3/t16-,22-,23+,27+/m1/s1. The molecule has 0 unspecified atom stereocenters. The molecule has 192 valence electrons. The SMILES string of the molecule is COc1ccccc1N1C(=O)[C@H]2[C@@H](C1=O)[C@]1(N[C@@H]2C)C(=O)N(CC(=O)N2CCOCC2)c2ccccc21. The number of anilines is 2. The van der Waals surface area contributed by atoms with Gasteiger partial charge in [0.05, 0.1) is 37.8 Å². The zero-order chi connectivity index (χ0) is 25.9. The summed E-state index contributed by atoms with van der Waals surface area (Å²) in [5, 5.41) is 3.35. The van der Waals surface area contributed by atoms with E-state index in [1.165, 1.54) is 12.0 Å². The molecule has 0 radical (unpaired) electrons. The molecule has 2 aromatic rings. The molecule has 0 saturated carbocycles. The molecule has 10 nitrogen and oxygen atoms in total. The number of para-hydroxylation sites is 3. The van der Waals surface area contributed by atoms with Gasteiger partial charge in [-0.1, -0.05) is 30.3 Å². The molecule has 4 atom stereocenters. The van der Waals surface area contributed by atoms with Gasteiger partial charge in [0, 0.05) is 30.4 Å². The number of amides is 4. The van der Waals surface area contributed by atoms with Crippen molar-refractivity contribution in [2.24, 2.45) is 11.8 Å². The van der Waals surface area contributed by atoms with Crippen molar-refractivity contribution in [2.75, 3.05) is 49.8 Å². The first kappa shape index (κ1) is 23.6. The Labute approximate surface area is 214 Å². The van der Waals surface area contributed by atoms with E-state index in [1.807, 2.05) is 6.92 Å². The van der Waals surface area contributed by atoms with Gasteiger partial charge in [-0.15, -0.1) is 0 Å². The number of morpholine rings is 1. The Hall–Kier alpha value is -3.76. The Morgan fingerprint density at radius 2 is 1.70 bits per heavy atom. The summed E-state index contributed by atoms with van der Waals surface area (Å²) < 4.78 is 10.8. The Bertz CT molecular complexity index is 1310. The molecule has 0 bridgehead atoms. The van der Waals surface area contributed by atoms with Crippen molar-refractivity contribution in [2.45, 2.75) is 18.5 Å². The summed E-state index contributed by atoms with van der Waals surface area (Å²) in [5.74, 6) is -2.71. The van der Waals surface area contributed by atoms with Crippen LogP contribution in [0.15, 0.2) is 48.5 Å². The van der Waals surface area contributed by atoms with Gasteiger partial charge in [-0.25, -0.2) is 4.90 Å². The number of hydrogen-bond acceptors (Lipinski definition) is 7. The predicted molar refractivity (Wildman–Crippen MR) is 133 cm³/mol. The van der Waals surface area contributed by atoms with Crippen molar-refractivity contribution in [3.63, 3.8) is 0 Å². The van der Waals surface area contributed by atoms with Crippen LogP contribution in [0, 0.1) is 11.8 Å². The van der Waals surface area contributed by atoms with Gasteiger partial charge in [-0.3, -0.25) is 24.5 Å². The number of imide groups is 1. The lowest BCUT2D eigenvalue weighted by atomic mass is 9.76. The summed E-state index contributed by atoms with van der Waals surface area (Å²) >= 11 is 0. The summed E-state index contributed by atoms with van der Waals surface area (Å²) in [4.78, 5) is 59.5. The van der Waals surface area contributed by atoms with Crippen LogP contribution in [0.5, 0.6) is 5.75 Å². The number of carbonyl (C=O) groups is 4. The maximum absolute atomic E-state index is 14.3. The highest BCUT2D eigenvalue weighted by molar-refractivity contribution is 6.26. The zero-order valence-electron chi connectivity index (χ0n) is 20.7. The van der Waals surface area contributed by atoms with Gasteiger partial charge < -0.3 is 19.3 Å². The number of ether oxygens (including phenoxy) is 2. The summed E-state index contributed by atoms with van der Waals surface area (Å²) in [6, 6.07) is 13.6. The molecular weight excluding hydrogens is 476 g/mol. The second-order valence-electron chi connectivity index (χ2n) is 9.83. The molecule has 6 rings (SSSR count). The Kier molecular flexibility index (Phi) is 5.54. The fourth-order valence-corrected chi connectivity index (χ4v) is 6.37. The lowest BCUT2D eigenvalue weighted by molar-refractivity contribution is -0.136. The number of fused-ring (bicyclic) bond motifs is 4. The van der Waals surface area contributed by atoms with Crippen LogP contribution in [0.1, 0.15) is 12.5 Å². The molecule has 4 heterocycles. The Morgan fingerprint density at radius 3 is 2.43 bits per heavy atom. The van der Waals surface area contributed by atoms with Crippen molar-refractivity contribution in [3.05, 3.63) is 54.1 Å². The minimum Gasteiger partial charge on any atom is -0.495 e. The van der Waals surface area contributed by atoms with Crippen LogP contribution in [0.3, 0.4) is 0 Å². The molecule has 1 spiro atoms. The first-order valence-electron chi connectivity index (χ1n) is 12.5. The van der Waals surface area contributed by atoms with Crippen LogP contribution < -0.4 is 19.9 Å². The van der Waals surface area contributed by atoms with Gasteiger partial charge in [0.15, 0.2) is 0 Å². The number of hydrogen-bond donors (Lipinski definition) is 1. The fraction of sp³-hybridized carbons (Fsp3) is 0.407. The molecule has 0 aliphatic carbocycles. The van der Waals surface area contributed by atoms with Crippen LogP contribution in [-0.2, 0) is 29.5 Å². The summed E-state index contributed by atoms with van der Waals surface area (Å²) in [5.41, 5.74) is 0.0904. The largest absolute Gasteiger partial charge is 0.495 e. The first-order valence-corrected chi connectivity index (χ1v) is 12.5. The third-order valence-electron chi connectivity index (χ3n) is 8.00. The van der Waals surface area contributed by atoms with Gasteiger partial charge in [-0.05, 0) is 25.1 Å². The summed E-state index contributed by atoms with van der Waals surface area (Å²) in [6.07, 6.45) is 0. The van der Waals surface area contributed by atoms with Crippen LogP contribution in [-0.4, -0.2) is 74.5 Å². The molecule has 3 fully saturated rings. The van der Waals surface area contributed by atoms with Crippen LogP contribution >= 0.6 is 0 Å². The van der Waals surface area contributed by atoms with Gasteiger partial charge in [0.2, 0.25) is 17.7 Å². The second kappa shape index (κ2) is 8.67. The molecule has 4 amide bonds. The highest BCUT2D eigenvalue weighted by atomic mass is 16.5. The number of carbonyl (C=O) groups excluding carboxylic acids is 4. The van der Waals surface area contributed by atoms with E-state index >= 15 is 0 Å². The number of methoxy groups -OCH3 is 1. The van der Waals surface area contributed by atoms with Gasteiger partial charge in [-0.2, -0.15) is 0 Å². The maximum Gasteiger partial charge on any atom is 0.253 e. The quantitative estimate of drug-likeness (QED) is 0.616. The van der Waals surface area contributed by atoms with Crippen LogP contribution in [0.4, 0.5) is 11.4 Å². The minimum absolute atomic E-state index is 0.149. The molecular formula is C27H28N4O6. The van der Waals surface area contributed by atoms with E-state index in [9.17, 15) is 19.2 Å². The summed E-state index contributed by atoms with van der Waals surface area (Å²) in [7, 11) is 1.48. The maximum atomic E-state index is 14.3. The van der Waals surface area contributed by atoms with E-state index in [2.05, 4.69) is 5.32 Å². The lowest BCUT2D eigenvalue weighted by Crippen LogP contribution is -2.56. The smallest absolute Gasteiger partial charge is 0.253 e. The Morgan fingerprint density at radius 1 is 1.03 bits per heavy atom. The highest BCUT2D eigenvalue weighted by Crippen LogP contribution is 2.55. The molecule has 4 aliphatic heterocycles. The van der Waals surface area contributed by atoms with E-state index in [1.54, 1.807) is 53.4 Å². The summed E-state index contributed by atoms with van der Waals surface area (Å²) in [6.45, 7) is 3.52. The van der Waals surface area contributed by atoms with Gasteiger partial charge in [0.25, 0.3) is 5.91 Å². The molecule has 37 heavy (non-hydrogen) atoms. The zero-order valence-corrected chi connectivity index (χ0v) is 20.7. The third kappa shape index (κ3) is 3.25. The number of benzene rings is 2. The molecule has 10 heteroatoms. The van der Waals surface area contributed by atoms with E-state index in [0.29, 0.717) is 49.0 Å². The minimum atomic E-state index is -1.45. The average Bonchev–Trinajstić information content (AvgIpc) is 3.47. The van der Waals surface area contributed by atoms with Crippen molar-refractivity contribution in [3.8, 4) is 5.75 Å². The highest BCUT2D eigenvalue weighted by Gasteiger charge is 2.71.